The Morgan fingerprint density at radius 2 is 1.97 bits per heavy atom. The van der Waals surface area contributed by atoms with Gasteiger partial charge < -0.3 is 24.5 Å². The summed E-state index contributed by atoms with van der Waals surface area (Å²) in [6, 6.07) is 7.95. The largest absolute Gasteiger partial charge is 0.495 e. The number of pyridine rings is 1. The van der Waals surface area contributed by atoms with Crippen LogP contribution in [0, 0.1) is 0 Å². The van der Waals surface area contributed by atoms with Crippen LogP contribution in [0.5, 0.6) is 11.5 Å². The van der Waals surface area contributed by atoms with E-state index in [1.54, 1.807) is 13.2 Å². The summed E-state index contributed by atoms with van der Waals surface area (Å²) in [6.45, 7) is 5.09. The quantitative estimate of drug-likeness (QED) is 0.497. The molecule has 0 amide bonds. The van der Waals surface area contributed by atoms with Crippen molar-refractivity contribution in [3.05, 3.63) is 41.7 Å². The van der Waals surface area contributed by atoms with Gasteiger partial charge >= 0.3 is 0 Å². The van der Waals surface area contributed by atoms with Gasteiger partial charge in [-0.1, -0.05) is 23.5 Å². The molecule has 2 fully saturated rings. The second kappa shape index (κ2) is 9.39. The van der Waals surface area contributed by atoms with E-state index in [0.29, 0.717) is 29.7 Å². The number of fused-ring (bicyclic) bond motifs is 1. The molecule has 1 aromatic carbocycles. The van der Waals surface area contributed by atoms with Crippen molar-refractivity contribution in [3.8, 4) is 22.8 Å². The van der Waals surface area contributed by atoms with E-state index in [9.17, 15) is 0 Å². The number of ether oxygens (including phenoxy) is 2. The van der Waals surface area contributed by atoms with Gasteiger partial charge in [0.25, 0.3) is 0 Å². The van der Waals surface area contributed by atoms with Gasteiger partial charge in [-0.2, -0.15) is 0 Å². The SMILES string of the molecule is COc1cc(OCCN)c(-c2cn3ccc(N4CCN(SC5CC5)CC4)cc3n2)cc1Cl. The van der Waals surface area contributed by atoms with Crippen molar-refractivity contribution in [2.24, 2.45) is 5.73 Å². The topological polar surface area (TPSA) is 68.3 Å². The molecule has 1 saturated carbocycles. The molecule has 0 bridgehead atoms. The number of piperazine rings is 1. The molecule has 1 saturated heterocycles. The van der Waals surface area contributed by atoms with Crippen LogP contribution in [0.3, 0.4) is 0 Å². The zero-order chi connectivity index (χ0) is 22.1. The number of rotatable bonds is 8. The summed E-state index contributed by atoms with van der Waals surface area (Å²) >= 11 is 8.45. The highest BCUT2D eigenvalue weighted by atomic mass is 35.5. The molecule has 0 spiro atoms. The number of halogens is 1. The lowest BCUT2D eigenvalue weighted by Gasteiger charge is -2.35. The molecule has 3 aromatic rings. The third-order valence-electron chi connectivity index (χ3n) is 5.78. The number of nitrogens with zero attached hydrogens (tertiary/aromatic N) is 4. The van der Waals surface area contributed by atoms with Gasteiger partial charge in [0.15, 0.2) is 0 Å². The Bertz CT molecular complexity index is 1100. The smallest absolute Gasteiger partial charge is 0.141 e. The van der Waals surface area contributed by atoms with Crippen LogP contribution in [-0.2, 0) is 0 Å². The second-order valence-electron chi connectivity index (χ2n) is 8.12. The molecule has 170 valence electrons. The van der Waals surface area contributed by atoms with Gasteiger partial charge in [-0.05, 0) is 25.0 Å². The van der Waals surface area contributed by atoms with Crippen LogP contribution in [-0.4, -0.2) is 65.4 Å². The van der Waals surface area contributed by atoms with Crippen LogP contribution in [0.1, 0.15) is 12.8 Å². The van der Waals surface area contributed by atoms with Crippen molar-refractivity contribution in [2.75, 3.05) is 51.3 Å². The van der Waals surface area contributed by atoms with E-state index in [2.05, 4.69) is 27.5 Å². The molecule has 2 aromatic heterocycles. The van der Waals surface area contributed by atoms with E-state index in [0.717, 1.165) is 48.3 Å². The summed E-state index contributed by atoms with van der Waals surface area (Å²) in [4.78, 5) is 7.32. The van der Waals surface area contributed by atoms with Crippen LogP contribution >= 0.6 is 23.5 Å². The van der Waals surface area contributed by atoms with Gasteiger partial charge in [-0.3, -0.25) is 0 Å². The zero-order valence-corrected chi connectivity index (χ0v) is 19.7. The van der Waals surface area contributed by atoms with Gasteiger partial charge in [0, 0.05) is 73.8 Å². The summed E-state index contributed by atoms with van der Waals surface area (Å²) in [5.74, 6) is 1.22. The van der Waals surface area contributed by atoms with E-state index >= 15 is 0 Å². The van der Waals surface area contributed by atoms with Gasteiger partial charge in [0.2, 0.25) is 0 Å². The van der Waals surface area contributed by atoms with Crippen molar-refractivity contribution in [1.29, 1.82) is 0 Å². The minimum atomic E-state index is 0.403. The number of benzene rings is 1. The normalized spacial score (nSPS) is 17.2. The van der Waals surface area contributed by atoms with Crippen LogP contribution < -0.4 is 20.1 Å². The molecule has 9 heteroatoms. The lowest BCUT2D eigenvalue weighted by Crippen LogP contribution is -2.43. The minimum Gasteiger partial charge on any atom is -0.495 e. The van der Waals surface area contributed by atoms with E-state index in [1.807, 2.05) is 28.6 Å². The molecule has 32 heavy (non-hydrogen) atoms. The van der Waals surface area contributed by atoms with Gasteiger partial charge in [0.05, 0.1) is 17.8 Å². The van der Waals surface area contributed by atoms with Gasteiger partial charge in [0.1, 0.15) is 23.8 Å². The van der Waals surface area contributed by atoms with Crippen molar-refractivity contribution in [3.63, 3.8) is 0 Å². The molecule has 1 aliphatic carbocycles. The standard InChI is InChI=1S/C23H28ClN5O2S/c1-30-22-14-21(31-11-5-25)18(13-19(22)24)20-15-28-6-4-16(12-23(28)26-20)27-7-9-29(10-8-27)32-17-2-3-17/h4,6,12-15,17H,2-3,5,7-11,25H2,1H3. The Morgan fingerprint density at radius 1 is 1.16 bits per heavy atom. The average molecular weight is 474 g/mol. The molecule has 0 radical (unpaired) electrons. The second-order valence-corrected chi connectivity index (χ2v) is 9.92. The Balaban J connectivity index is 1.39. The molecular formula is C23H28ClN5O2S. The molecule has 2 N–H and O–H groups in total. The maximum atomic E-state index is 6.41. The molecule has 5 rings (SSSR count). The predicted octanol–water partition coefficient (Wildman–Crippen LogP) is 3.93. The first-order valence-electron chi connectivity index (χ1n) is 11.0. The number of nitrogens with two attached hydrogens (primary N) is 1. The summed E-state index contributed by atoms with van der Waals surface area (Å²) in [5.41, 5.74) is 9.35. The molecule has 3 heterocycles. The molecule has 0 atom stereocenters. The Hall–Kier alpha value is -2.13. The lowest BCUT2D eigenvalue weighted by atomic mass is 10.1. The Morgan fingerprint density at radius 3 is 2.69 bits per heavy atom. The van der Waals surface area contributed by atoms with E-state index in [-0.39, 0.29) is 0 Å². The van der Waals surface area contributed by atoms with Crippen molar-refractivity contribution >= 4 is 34.9 Å². The summed E-state index contributed by atoms with van der Waals surface area (Å²) in [7, 11) is 1.59. The summed E-state index contributed by atoms with van der Waals surface area (Å²) < 4.78 is 15.8. The maximum Gasteiger partial charge on any atom is 0.141 e. The fourth-order valence-corrected chi connectivity index (χ4v) is 5.30. The number of methoxy groups -OCH3 is 1. The van der Waals surface area contributed by atoms with Crippen molar-refractivity contribution in [2.45, 2.75) is 18.1 Å². The first-order valence-corrected chi connectivity index (χ1v) is 12.2. The number of hydrogen-bond donors (Lipinski definition) is 1. The fraction of sp³-hybridized carbons (Fsp3) is 0.435. The monoisotopic (exact) mass is 473 g/mol. The number of imidazole rings is 1. The Labute approximate surface area is 197 Å². The van der Waals surface area contributed by atoms with Gasteiger partial charge in [-0.25, -0.2) is 9.29 Å². The molecular weight excluding hydrogens is 446 g/mol. The van der Waals surface area contributed by atoms with E-state index in [1.165, 1.54) is 18.5 Å². The van der Waals surface area contributed by atoms with Crippen LogP contribution in [0.15, 0.2) is 36.7 Å². The summed E-state index contributed by atoms with van der Waals surface area (Å²) in [5, 5.41) is 1.38. The average Bonchev–Trinajstić information content (AvgIpc) is 3.53. The molecule has 7 nitrogen and oxygen atoms in total. The molecule has 1 aliphatic heterocycles. The first kappa shape index (κ1) is 21.7. The third-order valence-corrected chi connectivity index (χ3v) is 7.50. The summed E-state index contributed by atoms with van der Waals surface area (Å²) in [6.07, 6.45) is 6.82. The van der Waals surface area contributed by atoms with Crippen LogP contribution in [0.4, 0.5) is 5.69 Å². The van der Waals surface area contributed by atoms with Crippen LogP contribution in [0.25, 0.3) is 16.9 Å². The minimum absolute atomic E-state index is 0.403. The van der Waals surface area contributed by atoms with Crippen LogP contribution in [0.2, 0.25) is 5.02 Å². The highest BCUT2D eigenvalue weighted by Crippen LogP contribution is 2.39. The molecule has 2 aliphatic rings. The van der Waals surface area contributed by atoms with E-state index < -0.39 is 0 Å². The highest BCUT2D eigenvalue weighted by molar-refractivity contribution is 7.97. The lowest BCUT2D eigenvalue weighted by molar-refractivity contribution is 0.326. The highest BCUT2D eigenvalue weighted by Gasteiger charge is 2.27. The maximum absolute atomic E-state index is 6.41. The molecule has 0 unspecified atom stereocenters. The zero-order valence-electron chi connectivity index (χ0n) is 18.2. The third kappa shape index (κ3) is 4.64. The fourth-order valence-electron chi connectivity index (χ4n) is 3.91. The van der Waals surface area contributed by atoms with Crippen molar-refractivity contribution in [1.82, 2.24) is 13.7 Å². The van der Waals surface area contributed by atoms with E-state index in [4.69, 9.17) is 31.8 Å². The number of anilines is 1. The number of aromatic nitrogens is 2. The predicted molar refractivity (Wildman–Crippen MR) is 131 cm³/mol. The van der Waals surface area contributed by atoms with Crippen molar-refractivity contribution < 1.29 is 9.47 Å². The van der Waals surface area contributed by atoms with Gasteiger partial charge in [-0.15, -0.1) is 0 Å². The number of hydrogen-bond acceptors (Lipinski definition) is 7. The first-order chi connectivity index (χ1) is 15.6. The Kier molecular flexibility index (Phi) is 6.37.